The minimum absolute atomic E-state index is 0.0215. The van der Waals surface area contributed by atoms with Crippen LogP contribution < -0.4 is 5.32 Å². The molecule has 3 heteroatoms. The van der Waals surface area contributed by atoms with E-state index in [-0.39, 0.29) is 13.2 Å². The first-order valence-electron chi connectivity index (χ1n) is 7.19. The zero-order valence-electron chi connectivity index (χ0n) is 11.4. The van der Waals surface area contributed by atoms with Gasteiger partial charge in [-0.2, -0.15) is 0 Å². The van der Waals surface area contributed by atoms with Crippen molar-refractivity contribution in [2.75, 3.05) is 13.2 Å². The second-order valence-corrected chi connectivity index (χ2v) is 5.57. The topological polar surface area (TPSA) is 52.5 Å². The Bertz CT molecular complexity index is 196. The molecule has 3 nitrogen and oxygen atoms in total. The molecule has 1 aliphatic rings. The number of aliphatic hydroxyl groups excluding tert-OH is 2. The number of hydrogen-bond acceptors (Lipinski definition) is 3. The molecule has 0 aliphatic heterocycles. The summed E-state index contributed by atoms with van der Waals surface area (Å²) in [6, 6.07) is 0.464. The molecule has 0 spiro atoms. The molecule has 1 rings (SSSR count). The zero-order valence-corrected chi connectivity index (χ0v) is 11.4. The van der Waals surface area contributed by atoms with E-state index in [4.69, 9.17) is 0 Å². The van der Waals surface area contributed by atoms with Crippen molar-refractivity contribution in [3.63, 3.8) is 0 Å². The van der Waals surface area contributed by atoms with Crippen LogP contribution >= 0.6 is 0 Å². The number of aliphatic hydroxyl groups is 2. The van der Waals surface area contributed by atoms with Crippen molar-refractivity contribution >= 4 is 0 Å². The predicted octanol–water partition coefficient (Wildman–Crippen LogP) is 2.07. The van der Waals surface area contributed by atoms with Crippen molar-refractivity contribution in [3.8, 4) is 0 Å². The maximum Gasteiger partial charge on any atom is 0.0647 e. The van der Waals surface area contributed by atoms with Gasteiger partial charge in [0.2, 0.25) is 0 Å². The summed E-state index contributed by atoms with van der Waals surface area (Å²) in [7, 11) is 0. The highest BCUT2D eigenvalue weighted by Crippen LogP contribution is 2.26. The van der Waals surface area contributed by atoms with Gasteiger partial charge in [-0.3, -0.25) is 0 Å². The first-order chi connectivity index (χ1) is 8.19. The standard InChI is InChI=1S/C14H29NO2/c1-3-12-6-5-7-13(9-8-12)15-14(4-2,10-16)11-17/h12-13,15-17H,3-11H2,1-2H3. The van der Waals surface area contributed by atoms with E-state index in [2.05, 4.69) is 12.2 Å². The van der Waals surface area contributed by atoms with Gasteiger partial charge >= 0.3 is 0 Å². The Kier molecular flexibility index (Phi) is 6.45. The fraction of sp³-hybridized carbons (Fsp3) is 1.00. The van der Waals surface area contributed by atoms with Crippen molar-refractivity contribution in [2.24, 2.45) is 5.92 Å². The highest BCUT2D eigenvalue weighted by Gasteiger charge is 2.30. The molecular formula is C14H29NO2. The number of rotatable bonds is 6. The maximum absolute atomic E-state index is 9.45. The largest absolute Gasteiger partial charge is 0.394 e. The Labute approximate surface area is 106 Å². The minimum atomic E-state index is -0.475. The van der Waals surface area contributed by atoms with Crippen LogP contribution in [0.2, 0.25) is 0 Å². The number of hydrogen-bond donors (Lipinski definition) is 3. The molecule has 0 aromatic carbocycles. The fourth-order valence-electron chi connectivity index (χ4n) is 2.83. The Morgan fingerprint density at radius 2 is 1.76 bits per heavy atom. The molecule has 2 unspecified atom stereocenters. The lowest BCUT2D eigenvalue weighted by Gasteiger charge is -2.34. The molecule has 0 amide bonds. The summed E-state index contributed by atoms with van der Waals surface area (Å²) in [6.07, 6.45) is 8.31. The lowest BCUT2D eigenvalue weighted by atomic mass is 9.94. The third-order valence-corrected chi connectivity index (χ3v) is 4.46. The van der Waals surface area contributed by atoms with E-state index < -0.39 is 5.54 Å². The Hall–Kier alpha value is -0.120. The maximum atomic E-state index is 9.45. The van der Waals surface area contributed by atoms with Gasteiger partial charge in [0.05, 0.1) is 18.8 Å². The lowest BCUT2D eigenvalue weighted by Crippen LogP contribution is -2.55. The molecule has 0 bridgehead atoms. The third-order valence-electron chi connectivity index (χ3n) is 4.46. The van der Waals surface area contributed by atoms with Crippen molar-refractivity contribution in [1.82, 2.24) is 5.32 Å². The normalized spacial score (nSPS) is 26.8. The molecule has 17 heavy (non-hydrogen) atoms. The van der Waals surface area contributed by atoms with Crippen LogP contribution in [0.1, 0.15) is 58.8 Å². The van der Waals surface area contributed by atoms with Crippen molar-refractivity contribution in [2.45, 2.75) is 70.4 Å². The summed E-state index contributed by atoms with van der Waals surface area (Å²) in [5.74, 6) is 0.876. The number of nitrogens with one attached hydrogen (secondary N) is 1. The van der Waals surface area contributed by atoms with Crippen LogP contribution in [0.15, 0.2) is 0 Å². The molecule has 0 radical (unpaired) electrons. The molecule has 0 aromatic heterocycles. The van der Waals surface area contributed by atoms with E-state index in [0.717, 1.165) is 12.3 Å². The molecule has 0 saturated heterocycles. The van der Waals surface area contributed by atoms with Crippen molar-refractivity contribution in [1.29, 1.82) is 0 Å². The van der Waals surface area contributed by atoms with Gasteiger partial charge in [-0.05, 0) is 31.6 Å². The van der Waals surface area contributed by atoms with Gasteiger partial charge < -0.3 is 15.5 Å². The van der Waals surface area contributed by atoms with Gasteiger partial charge in [0, 0.05) is 6.04 Å². The van der Waals surface area contributed by atoms with Crippen molar-refractivity contribution in [3.05, 3.63) is 0 Å². The minimum Gasteiger partial charge on any atom is -0.394 e. The van der Waals surface area contributed by atoms with Gasteiger partial charge in [-0.25, -0.2) is 0 Å². The lowest BCUT2D eigenvalue weighted by molar-refractivity contribution is 0.0753. The van der Waals surface area contributed by atoms with Crippen LogP contribution in [0.25, 0.3) is 0 Å². The van der Waals surface area contributed by atoms with Gasteiger partial charge in [0.1, 0.15) is 0 Å². The summed E-state index contributed by atoms with van der Waals surface area (Å²) >= 11 is 0. The molecule has 3 N–H and O–H groups in total. The average molecular weight is 243 g/mol. The van der Waals surface area contributed by atoms with Crippen LogP contribution in [0.5, 0.6) is 0 Å². The molecular weight excluding hydrogens is 214 g/mol. The van der Waals surface area contributed by atoms with E-state index >= 15 is 0 Å². The molecule has 102 valence electrons. The summed E-state index contributed by atoms with van der Waals surface area (Å²) in [5.41, 5.74) is -0.475. The quantitative estimate of drug-likeness (QED) is 0.626. The first-order valence-corrected chi connectivity index (χ1v) is 7.19. The van der Waals surface area contributed by atoms with E-state index in [1.54, 1.807) is 0 Å². The summed E-state index contributed by atoms with van der Waals surface area (Å²) in [5, 5.41) is 22.4. The van der Waals surface area contributed by atoms with Crippen LogP contribution in [0.3, 0.4) is 0 Å². The SMILES string of the molecule is CCC1CCCC(NC(CC)(CO)CO)CC1. The Morgan fingerprint density at radius 1 is 1.06 bits per heavy atom. The van der Waals surface area contributed by atoms with Crippen LogP contribution in [0, 0.1) is 5.92 Å². The molecule has 1 saturated carbocycles. The van der Waals surface area contributed by atoms with Gasteiger partial charge in [0.15, 0.2) is 0 Å². The average Bonchev–Trinajstić information content (AvgIpc) is 2.61. The summed E-state index contributed by atoms with van der Waals surface area (Å²) < 4.78 is 0. The van der Waals surface area contributed by atoms with Crippen LogP contribution in [-0.2, 0) is 0 Å². The third kappa shape index (κ3) is 4.23. The van der Waals surface area contributed by atoms with E-state index in [9.17, 15) is 10.2 Å². The van der Waals surface area contributed by atoms with Gasteiger partial charge in [-0.1, -0.05) is 33.1 Å². The second kappa shape index (κ2) is 7.34. The van der Waals surface area contributed by atoms with Gasteiger partial charge in [-0.15, -0.1) is 0 Å². The van der Waals surface area contributed by atoms with Crippen molar-refractivity contribution < 1.29 is 10.2 Å². The summed E-state index contributed by atoms with van der Waals surface area (Å²) in [6.45, 7) is 4.34. The Balaban J connectivity index is 2.50. The highest BCUT2D eigenvalue weighted by atomic mass is 16.3. The highest BCUT2D eigenvalue weighted by molar-refractivity contribution is 4.89. The van der Waals surface area contributed by atoms with Crippen LogP contribution in [0.4, 0.5) is 0 Å². The smallest absolute Gasteiger partial charge is 0.0647 e. The van der Waals surface area contributed by atoms with E-state index in [0.29, 0.717) is 6.04 Å². The fourth-order valence-corrected chi connectivity index (χ4v) is 2.83. The predicted molar refractivity (Wildman–Crippen MR) is 71.0 cm³/mol. The summed E-state index contributed by atoms with van der Waals surface area (Å²) in [4.78, 5) is 0. The molecule has 2 atom stereocenters. The molecule has 1 fully saturated rings. The molecule has 1 aliphatic carbocycles. The van der Waals surface area contributed by atoms with E-state index in [1.807, 2.05) is 6.92 Å². The molecule has 0 heterocycles. The second-order valence-electron chi connectivity index (χ2n) is 5.57. The van der Waals surface area contributed by atoms with Gasteiger partial charge in [0.25, 0.3) is 0 Å². The Morgan fingerprint density at radius 3 is 2.29 bits per heavy atom. The monoisotopic (exact) mass is 243 g/mol. The van der Waals surface area contributed by atoms with E-state index in [1.165, 1.54) is 38.5 Å². The van der Waals surface area contributed by atoms with Crippen LogP contribution in [-0.4, -0.2) is 35.0 Å². The zero-order chi connectivity index (χ0) is 12.7. The molecule has 0 aromatic rings. The first kappa shape index (κ1) is 14.9.